The summed E-state index contributed by atoms with van der Waals surface area (Å²) >= 11 is 9.48. The molecule has 1 aliphatic heterocycles. The second-order valence-corrected chi connectivity index (χ2v) is 6.20. The molecule has 0 bridgehead atoms. The summed E-state index contributed by atoms with van der Waals surface area (Å²) < 4.78 is 5.95. The van der Waals surface area contributed by atoms with Gasteiger partial charge in [0.1, 0.15) is 0 Å². The number of halogens is 2. The largest absolute Gasteiger partial charge is 0.421 e. The highest BCUT2D eigenvalue weighted by Gasteiger charge is 2.16. The summed E-state index contributed by atoms with van der Waals surface area (Å²) in [5, 5.41) is 8.18. The highest BCUT2D eigenvalue weighted by Crippen LogP contribution is 2.32. The van der Waals surface area contributed by atoms with E-state index in [9.17, 15) is 4.79 Å². The van der Waals surface area contributed by atoms with Gasteiger partial charge in [0.05, 0.1) is 10.2 Å². The van der Waals surface area contributed by atoms with Gasteiger partial charge < -0.3 is 15.1 Å². The average molecular weight is 358 g/mol. The Labute approximate surface area is 129 Å². The Morgan fingerprint density at radius 1 is 1.30 bits per heavy atom. The first-order valence-electron chi connectivity index (χ1n) is 6.53. The van der Waals surface area contributed by atoms with Gasteiger partial charge >= 0.3 is 5.63 Å². The lowest BCUT2D eigenvalue weighted by atomic mass is 10.1. The second-order valence-electron chi connectivity index (χ2n) is 4.91. The molecule has 0 radical (unpaired) electrons. The predicted octanol–water partition coefficient (Wildman–Crippen LogP) is 3.37. The number of piperidine rings is 1. The summed E-state index contributed by atoms with van der Waals surface area (Å²) in [5.74, 6) is 0. The molecule has 6 heteroatoms. The zero-order valence-electron chi connectivity index (χ0n) is 10.7. The van der Waals surface area contributed by atoms with E-state index < -0.39 is 0 Å². The van der Waals surface area contributed by atoms with Crippen LogP contribution in [0.3, 0.4) is 0 Å². The minimum atomic E-state index is -0.364. The lowest BCUT2D eigenvalue weighted by molar-refractivity contribution is 0.479. The minimum absolute atomic E-state index is 0.360. The van der Waals surface area contributed by atoms with Crippen LogP contribution >= 0.6 is 27.5 Å². The Hall–Kier alpha value is -1.04. The summed E-state index contributed by atoms with van der Waals surface area (Å²) in [6.45, 7) is 1.98. The maximum Gasteiger partial charge on any atom is 0.338 e. The molecule has 0 aliphatic carbocycles. The van der Waals surface area contributed by atoms with Crippen molar-refractivity contribution in [1.82, 2.24) is 5.32 Å². The summed E-state index contributed by atoms with van der Waals surface area (Å²) in [4.78, 5) is 11.7. The van der Waals surface area contributed by atoms with E-state index in [1.165, 1.54) is 6.07 Å². The third-order valence-electron chi connectivity index (χ3n) is 3.46. The minimum Gasteiger partial charge on any atom is -0.421 e. The van der Waals surface area contributed by atoms with Crippen molar-refractivity contribution in [2.24, 2.45) is 0 Å². The number of hydrogen-bond donors (Lipinski definition) is 2. The summed E-state index contributed by atoms with van der Waals surface area (Å²) in [6.07, 6.45) is 2.06. The normalized spacial score (nSPS) is 16.5. The van der Waals surface area contributed by atoms with Crippen LogP contribution in [0, 0.1) is 0 Å². The van der Waals surface area contributed by atoms with E-state index in [1.807, 2.05) is 6.07 Å². The van der Waals surface area contributed by atoms with Crippen molar-refractivity contribution in [1.29, 1.82) is 0 Å². The lowest BCUT2D eigenvalue weighted by Gasteiger charge is -2.25. The van der Waals surface area contributed by atoms with E-state index in [4.69, 9.17) is 16.0 Å². The Morgan fingerprint density at radius 2 is 2.05 bits per heavy atom. The molecule has 1 fully saturated rings. The maximum atomic E-state index is 11.7. The first-order valence-corrected chi connectivity index (χ1v) is 7.71. The van der Waals surface area contributed by atoms with E-state index in [-0.39, 0.29) is 5.63 Å². The zero-order chi connectivity index (χ0) is 14.1. The molecule has 106 valence electrons. The zero-order valence-corrected chi connectivity index (χ0v) is 13.1. The van der Waals surface area contributed by atoms with E-state index >= 15 is 0 Å². The quantitative estimate of drug-likeness (QED) is 0.809. The van der Waals surface area contributed by atoms with E-state index in [0.29, 0.717) is 21.1 Å². The molecule has 1 aromatic heterocycles. The van der Waals surface area contributed by atoms with Gasteiger partial charge in [0.25, 0.3) is 0 Å². The molecule has 2 aromatic rings. The van der Waals surface area contributed by atoms with Gasteiger partial charge in [0.2, 0.25) is 0 Å². The Kier molecular flexibility index (Phi) is 4.01. The number of rotatable bonds is 2. The third kappa shape index (κ3) is 2.85. The van der Waals surface area contributed by atoms with Gasteiger partial charge in [-0.05, 0) is 54.0 Å². The van der Waals surface area contributed by atoms with Crippen molar-refractivity contribution in [3.05, 3.63) is 38.1 Å². The van der Waals surface area contributed by atoms with Crippen molar-refractivity contribution < 1.29 is 4.42 Å². The van der Waals surface area contributed by atoms with Gasteiger partial charge in [0.15, 0.2) is 5.58 Å². The van der Waals surface area contributed by atoms with Crippen LogP contribution in [0.5, 0.6) is 0 Å². The van der Waals surface area contributed by atoms with Crippen LogP contribution in [-0.2, 0) is 0 Å². The van der Waals surface area contributed by atoms with E-state index in [1.54, 1.807) is 6.07 Å². The van der Waals surface area contributed by atoms with Crippen LogP contribution in [0.2, 0.25) is 5.02 Å². The van der Waals surface area contributed by atoms with E-state index in [0.717, 1.165) is 37.0 Å². The Morgan fingerprint density at radius 3 is 2.80 bits per heavy atom. The van der Waals surface area contributed by atoms with Crippen molar-refractivity contribution in [2.75, 3.05) is 18.4 Å². The van der Waals surface area contributed by atoms with Gasteiger partial charge in [-0.2, -0.15) is 0 Å². The van der Waals surface area contributed by atoms with Gasteiger partial charge in [-0.25, -0.2) is 4.79 Å². The summed E-state index contributed by atoms with van der Waals surface area (Å²) in [7, 11) is 0. The molecular weight excluding hydrogens is 344 g/mol. The molecule has 2 N–H and O–H groups in total. The molecule has 0 unspecified atom stereocenters. The van der Waals surface area contributed by atoms with Gasteiger partial charge in [-0.3, -0.25) is 0 Å². The van der Waals surface area contributed by atoms with Crippen LogP contribution in [0.15, 0.2) is 31.9 Å². The first-order chi connectivity index (χ1) is 9.63. The van der Waals surface area contributed by atoms with Gasteiger partial charge in [-0.15, -0.1) is 0 Å². The van der Waals surface area contributed by atoms with Crippen molar-refractivity contribution in [3.8, 4) is 0 Å². The topological polar surface area (TPSA) is 54.3 Å². The predicted molar refractivity (Wildman–Crippen MR) is 84.7 cm³/mol. The lowest BCUT2D eigenvalue weighted by Crippen LogP contribution is -2.35. The SMILES string of the molecule is O=c1cc(NC2CCNCC2)c2cc(Cl)cc(Br)c2o1. The molecule has 4 nitrogen and oxygen atoms in total. The van der Waals surface area contributed by atoms with Crippen LogP contribution in [0.1, 0.15) is 12.8 Å². The molecule has 0 atom stereocenters. The molecule has 0 amide bonds. The van der Waals surface area contributed by atoms with Crippen molar-refractivity contribution in [2.45, 2.75) is 18.9 Å². The van der Waals surface area contributed by atoms with Crippen LogP contribution in [0.25, 0.3) is 11.0 Å². The molecule has 20 heavy (non-hydrogen) atoms. The first kappa shape index (κ1) is 13.9. The van der Waals surface area contributed by atoms with E-state index in [2.05, 4.69) is 26.6 Å². The van der Waals surface area contributed by atoms with Gasteiger partial charge in [0, 0.05) is 22.5 Å². The van der Waals surface area contributed by atoms with Crippen molar-refractivity contribution in [3.63, 3.8) is 0 Å². The van der Waals surface area contributed by atoms with Crippen molar-refractivity contribution >= 4 is 44.2 Å². The number of nitrogens with one attached hydrogen (secondary N) is 2. The standard InChI is InChI=1S/C14H14BrClN2O2/c15-11-6-8(16)5-10-12(7-13(19)20-14(10)11)18-9-1-3-17-4-2-9/h5-7,9,17-18H,1-4H2. The fraction of sp³-hybridized carbons (Fsp3) is 0.357. The second kappa shape index (κ2) is 5.76. The molecule has 1 aliphatic rings. The van der Waals surface area contributed by atoms with Crippen LogP contribution in [0.4, 0.5) is 5.69 Å². The highest BCUT2D eigenvalue weighted by atomic mass is 79.9. The third-order valence-corrected chi connectivity index (χ3v) is 4.27. The molecule has 2 heterocycles. The monoisotopic (exact) mass is 356 g/mol. The number of hydrogen-bond acceptors (Lipinski definition) is 4. The fourth-order valence-corrected chi connectivity index (χ4v) is 3.39. The molecule has 0 saturated carbocycles. The average Bonchev–Trinajstić information content (AvgIpc) is 2.41. The molecule has 1 aromatic carbocycles. The summed E-state index contributed by atoms with van der Waals surface area (Å²) in [6, 6.07) is 5.39. The molecule has 1 saturated heterocycles. The Balaban J connectivity index is 2.06. The number of fused-ring (bicyclic) bond motifs is 1. The molecule has 0 spiro atoms. The number of anilines is 1. The Bertz CT molecular complexity index is 695. The van der Waals surface area contributed by atoms with Crippen LogP contribution in [-0.4, -0.2) is 19.1 Å². The fourth-order valence-electron chi connectivity index (χ4n) is 2.50. The maximum absolute atomic E-state index is 11.7. The highest BCUT2D eigenvalue weighted by molar-refractivity contribution is 9.10. The summed E-state index contributed by atoms with van der Waals surface area (Å²) in [5.41, 5.74) is 0.946. The van der Waals surface area contributed by atoms with Crippen LogP contribution < -0.4 is 16.3 Å². The molecular formula is C14H14BrClN2O2. The smallest absolute Gasteiger partial charge is 0.338 e. The number of benzene rings is 1. The van der Waals surface area contributed by atoms with Gasteiger partial charge in [-0.1, -0.05) is 11.6 Å². The molecule has 3 rings (SSSR count).